The quantitative estimate of drug-likeness (QED) is 0.870. The fraction of sp³-hybridized carbons (Fsp3) is 0.579. The lowest BCUT2D eigenvalue weighted by atomic mass is 9.82. The summed E-state index contributed by atoms with van der Waals surface area (Å²) in [4.78, 5) is 26.2. The van der Waals surface area contributed by atoms with Crippen molar-refractivity contribution in [2.75, 3.05) is 16.8 Å². The molecule has 0 bridgehead atoms. The summed E-state index contributed by atoms with van der Waals surface area (Å²) < 4.78 is 0. The zero-order valence-electron chi connectivity index (χ0n) is 15.4. The van der Waals surface area contributed by atoms with E-state index in [4.69, 9.17) is 0 Å². The molecule has 1 aliphatic rings. The van der Waals surface area contributed by atoms with Gasteiger partial charge in [0.05, 0.1) is 11.4 Å². The van der Waals surface area contributed by atoms with Crippen molar-refractivity contribution >= 4 is 23.3 Å². The first-order valence-corrected chi connectivity index (χ1v) is 8.56. The van der Waals surface area contributed by atoms with Crippen LogP contribution < -0.4 is 15.5 Å². The second-order valence-corrected chi connectivity index (χ2v) is 8.37. The van der Waals surface area contributed by atoms with E-state index in [0.717, 1.165) is 18.5 Å². The summed E-state index contributed by atoms with van der Waals surface area (Å²) in [5.74, 6) is 0.109. The van der Waals surface area contributed by atoms with E-state index in [2.05, 4.69) is 31.4 Å². The van der Waals surface area contributed by atoms with Crippen molar-refractivity contribution in [3.8, 4) is 0 Å². The Kier molecular flexibility index (Phi) is 5.21. The number of carbonyl (C=O) groups excluding carboxylic acids is 2. The van der Waals surface area contributed by atoms with Crippen molar-refractivity contribution in [3.63, 3.8) is 0 Å². The summed E-state index contributed by atoms with van der Waals surface area (Å²) in [6.45, 7) is 11.2. The molecule has 1 aromatic carbocycles. The van der Waals surface area contributed by atoms with Crippen LogP contribution in [0.15, 0.2) is 24.3 Å². The van der Waals surface area contributed by atoms with E-state index in [1.165, 1.54) is 0 Å². The number of rotatable bonds is 4. The minimum Gasteiger partial charge on any atom is -0.333 e. The van der Waals surface area contributed by atoms with Gasteiger partial charge in [0, 0.05) is 18.5 Å². The van der Waals surface area contributed by atoms with Gasteiger partial charge >= 0.3 is 6.03 Å². The average molecular weight is 331 g/mol. The van der Waals surface area contributed by atoms with E-state index in [1.807, 2.05) is 38.1 Å². The summed E-state index contributed by atoms with van der Waals surface area (Å²) in [7, 11) is 0. The van der Waals surface area contributed by atoms with Gasteiger partial charge in [0.15, 0.2) is 0 Å². The molecule has 1 aliphatic heterocycles. The van der Waals surface area contributed by atoms with Crippen LogP contribution in [0.1, 0.15) is 53.9 Å². The molecule has 2 N–H and O–H groups in total. The second-order valence-electron chi connectivity index (χ2n) is 8.37. The summed E-state index contributed by atoms with van der Waals surface area (Å²) >= 11 is 0. The number of hydrogen-bond donors (Lipinski definition) is 2. The molecule has 0 radical (unpaired) electrons. The number of benzene rings is 1. The van der Waals surface area contributed by atoms with Crippen molar-refractivity contribution < 1.29 is 9.59 Å². The van der Waals surface area contributed by atoms with Gasteiger partial charge in [0.25, 0.3) is 0 Å². The maximum Gasteiger partial charge on any atom is 0.319 e. The fourth-order valence-corrected chi connectivity index (χ4v) is 3.55. The van der Waals surface area contributed by atoms with Gasteiger partial charge in [-0.25, -0.2) is 4.79 Å². The van der Waals surface area contributed by atoms with Gasteiger partial charge in [0.2, 0.25) is 5.91 Å². The lowest BCUT2D eigenvalue weighted by Gasteiger charge is -2.33. The Labute approximate surface area is 144 Å². The molecule has 0 saturated carbocycles. The largest absolute Gasteiger partial charge is 0.333 e. The standard InChI is InChI=1S/C19H29N3O2/c1-18(2,3)13-19(4,5)21-17(24)20-14-9-6-7-10-15(14)22-12-8-11-16(22)23/h6-7,9-10H,8,11-13H2,1-5H3,(H2,20,21,24). The third kappa shape index (κ3) is 4.98. The number of hydrogen-bond acceptors (Lipinski definition) is 2. The molecule has 0 aromatic heterocycles. The number of anilines is 2. The van der Waals surface area contributed by atoms with Crippen LogP contribution in [-0.4, -0.2) is 24.0 Å². The lowest BCUT2D eigenvalue weighted by Crippen LogP contribution is -2.47. The van der Waals surface area contributed by atoms with Crippen LogP contribution in [-0.2, 0) is 4.79 Å². The molecule has 5 nitrogen and oxygen atoms in total. The van der Waals surface area contributed by atoms with Crippen molar-refractivity contribution in [1.29, 1.82) is 0 Å². The minimum atomic E-state index is -0.319. The Morgan fingerprint density at radius 2 is 1.83 bits per heavy atom. The number of carbonyl (C=O) groups is 2. The highest BCUT2D eigenvalue weighted by atomic mass is 16.2. The van der Waals surface area contributed by atoms with Gasteiger partial charge in [-0.2, -0.15) is 0 Å². The molecule has 0 unspecified atom stereocenters. The second kappa shape index (κ2) is 6.83. The molecule has 0 spiro atoms. The monoisotopic (exact) mass is 331 g/mol. The van der Waals surface area contributed by atoms with Crippen molar-refractivity contribution in [3.05, 3.63) is 24.3 Å². The maximum absolute atomic E-state index is 12.4. The average Bonchev–Trinajstić information content (AvgIpc) is 2.81. The molecule has 5 heteroatoms. The summed E-state index contributed by atoms with van der Waals surface area (Å²) in [6, 6.07) is 7.20. The highest BCUT2D eigenvalue weighted by Gasteiger charge is 2.28. The Morgan fingerprint density at radius 3 is 2.42 bits per heavy atom. The third-order valence-corrected chi connectivity index (χ3v) is 3.94. The van der Waals surface area contributed by atoms with E-state index in [9.17, 15) is 9.59 Å². The van der Waals surface area contributed by atoms with Crippen molar-refractivity contribution in [2.24, 2.45) is 5.41 Å². The van der Waals surface area contributed by atoms with Crippen molar-refractivity contribution in [1.82, 2.24) is 5.32 Å². The van der Waals surface area contributed by atoms with Crippen LogP contribution in [0, 0.1) is 5.41 Å². The first-order chi connectivity index (χ1) is 11.1. The van der Waals surface area contributed by atoms with Crippen LogP contribution in [0.3, 0.4) is 0 Å². The maximum atomic E-state index is 12.4. The topological polar surface area (TPSA) is 61.4 Å². The zero-order chi connectivity index (χ0) is 18.0. The number of nitrogens with one attached hydrogen (secondary N) is 2. The first-order valence-electron chi connectivity index (χ1n) is 8.56. The van der Waals surface area contributed by atoms with Crippen LogP contribution in [0.5, 0.6) is 0 Å². The molecule has 0 aliphatic carbocycles. The highest BCUT2D eigenvalue weighted by molar-refractivity contribution is 6.01. The van der Waals surface area contributed by atoms with Gasteiger partial charge in [-0.15, -0.1) is 0 Å². The molecule has 2 rings (SSSR count). The number of amides is 3. The Balaban J connectivity index is 2.08. The van der Waals surface area contributed by atoms with Crippen LogP contribution in [0.2, 0.25) is 0 Å². The highest BCUT2D eigenvalue weighted by Crippen LogP contribution is 2.30. The van der Waals surface area contributed by atoms with Crippen LogP contribution >= 0.6 is 0 Å². The van der Waals surface area contributed by atoms with E-state index >= 15 is 0 Å². The molecule has 1 heterocycles. The van der Waals surface area contributed by atoms with Gasteiger partial charge in [-0.1, -0.05) is 32.9 Å². The van der Waals surface area contributed by atoms with E-state index in [0.29, 0.717) is 18.7 Å². The predicted octanol–water partition coefficient (Wildman–Crippen LogP) is 4.15. The van der Waals surface area contributed by atoms with E-state index < -0.39 is 0 Å². The summed E-state index contributed by atoms with van der Waals surface area (Å²) in [6.07, 6.45) is 2.29. The molecule has 1 fully saturated rings. The summed E-state index contributed by atoms with van der Waals surface area (Å²) in [5.41, 5.74) is 1.23. The number of para-hydroxylation sites is 2. The predicted molar refractivity (Wildman–Crippen MR) is 98.3 cm³/mol. The Morgan fingerprint density at radius 1 is 1.17 bits per heavy atom. The fourth-order valence-electron chi connectivity index (χ4n) is 3.55. The molecule has 1 saturated heterocycles. The first kappa shape index (κ1) is 18.3. The van der Waals surface area contributed by atoms with Gasteiger partial charge < -0.3 is 15.5 Å². The van der Waals surface area contributed by atoms with Gasteiger partial charge in [-0.05, 0) is 44.2 Å². The number of urea groups is 1. The molecular weight excluding hydrogens is 302 g/mol. The van der Waals surface area contributed by atoms with E-state index in [-0.39, 0.29) is 22.9 Å². The lowest BCUT2D eigenvalue weighted by molar-refractivity contribution is -0.117. The van der Waals surface area contributed by atoms with Crippen molar-refractivity contribution in [2.45, 2.75) is 59.4 Å². The van der Waals surface area contributed by atoms with E-state index in [1.54, 1.807) is 4.90 Å². The molecule has 1 aromatic rings. The Hall–Kier alpha value is -2.04. The molecule has 3 amide bonds. The SMILES string of the molecule is CC(C)(C)CC(C)(C)NC(=O)Nc1ccccc1N1CCCC1=O. The molecule has 0 atom stereocenters. The smallest absolute Gasteiger partial charge is 0.319 e. The molecule has 132 valence electrons. The summed E-state index contributed by atoms with van der Waals surface area (Å²) in [5, 5.41) is 5.94. The zero-order valence-corrected chi connectivity index (χ0v) is 15.4. The third-order valence-electron chi connectivity index (χ3n) is 3.94. The van der Waals surface area contributed by atoms with Crippen LogP contribution in [0.4, 0.5) is 16.2 Å². The van der Waals surface area contributed by atoms with Crippen LogP contribution in [0.25, 0.3) is 0 Å². The number of nitrogens with zero attached hydrogens (tertiary/aromatic N) is 1. The molecule has 24 heavy (non-hydrogen) atoms. The van der Waals surface area contributed by atoms with Gasteiger partial charge in [0.1, 0.15) is 0 Å². The normalized spacial score (nSPS) is 15.5. The Bertz CT molecular complexity index is 617. The minimum absolute atomic E-state index is 0.109. The molecular formula is C19H29N3O2. The van der Waals surface area contributed by atoms with Gasteiger partial charge in [-0.3, -0.25) is 4.79 Å².